The molecule has 104 valence electrons. The first kappa shape index (κ1) is 13.3. The molecule has 20 heavy (non-hydrogen) atoms. The maximum atomic E-state index is 12.8. The number of aromatic nitrogens is 1. The number of carbonyl (C=O) groups excluding carboxylic acids is 1. The highest BCUT2D eigenvalue weighted by molar-refractivity contribution is 6.07. The van der Waals surface area contributed by atoms with Crippen LogP contribution in [0.4, 0.5) is 0 Å². The quantitative estimate of drug-likeness (QED) is 0.750. The van der Waals surface area contributed by atoms with Crippen LogP contribution in [0.25, 0.3) is 10.9 Å². The van der Waals surface area contributed by atoms with Crippen molar-refractivity contribution in [2.75, 3.05) is 0 Å². The van der Waals surface area contributed by atoms with Crippen LogP contribution >= 0.6 is 0 Å². The first-order valence-electron chi connectivity index (χ1n) is 7.54. The first-order chi connectivity index (χ1) is 9.66. The van der Waals surface area contributed by atoms with Crippen molar-refractivity contribution in [1.82, 2.24) is 4.98 Å². The fourth-order valence-electron chi connectivity index (χ4n) is 3.31. The standard InChI is InChI=1S/C18H21NO/c1-12-8-9-15(11-13(12)2)18(20)16-7-3-5-14-6-4-10-19-17(14)16/h3-7,10,12-13,15H,8-9,11H2,1-2H3. The van der Waals surface area contributed by atoms with E-state index in [1.165, 1.54) is 0 Å². The number of rotatable bonds is 2. The van der Waals surface area contributed by atoms with Gasteiger partial charge in [-0.2, -0.15) is 0 Å². The number of ketones is 1. The topological polar surface area (TPSA) is 30.0 Å². The molecule has 1 aromatic heterocycles. The van der Waals surface area contributed by atoms with Crippen molar-refractivity contribution in [1.29, 1.82) is 0 Å². The Morgan fingerprint density at radius 2 is 1.90 bits per heavy atom. The van der Waals surface area contributed by atoms with Gasteiger partial charge >= 0.3 is 0 Å². The zero-order valence-corrected chi connectivity index (χ0v) is 12.2. The van der Waals surface area contributed by atoms with E-state index in [1.807, 2.05) is 30.3 Å². The van der Waals surface area contributed by atoms with Gasteiger partial charge in [-0.25, -0.2) is 0 Å². The molecule has 2 heteroatoms. The van der Waals surface area contributed by atoms with Crippen molar-refractivity contribution in [2.45, 2.75) is 33.1 Å². The number of pyridine rings is 1. The number of benzene rings is 1. The first-order valence-corrected chi connectivity index (χ1v) is 7.54. The van der Waals surface area contributed by atoms with E-state index in [4.69, 9.17) is 0 Å². The van der Waals surface area contributed by atoms with Gasteiger partial charge in [-0.15, -0.1) is 0 Å². The second-order valence-corrected chi connectivity index (χ2v) is 6.21. The Kier molecular flexibility index (Phi) is 3.56. The Bertz CT molecular complexity index is 629. The van der Waals surface area contributed by atoms with Crippen molar-refractivity contribution < 1.29 is 4.79 Å². The van der Waals surface area contributed by atoms with Crippen LogP contribution in [-0.4, -0.2) is 10.8 Å². The highest BCUT2D eigenvalue weighted by Crippen LogP contribution is 2.35. The van der Waals surface area contributed by atoms with Crippen LogP contribution in [0.5, 0.6) is 0 Å². The summed E-state index contributed by atoms with van der Waals surface area (Å²) in [5.41, 5.74) is 1.65. The molecule has 0 radical (unpaired) electrons. The van der Waals surface area contributed by atoms with Crippen LogP contribution < -0.4 is 0 Å². The average Bonchev–Trinajstić information content (AvgIpc) is 2.49. The largest absolute Gasteiger partial charge is 0.294 e. The minimum atomic E-state index is 0.175. The second-order valence-electron chi connectivity index (χ2n) is 6.21. The third-order valence-corrected chi connectivity index (χ3v) is 4.87. The smallest absolute Gasteiger partial charge is 0.168 e. The van der Waals surface area contributed by atoms with E-state index in [-0.39, 0.29) is 11.7 Å². The zero-order valence-electron chi connectivity index (χ0n) is 12.2. The number of Topliss-reactive ketones (excluding diaryl/α,β-unsaturated/α-hetero) is 1. The molecule has 1 saturated carbocycles. The monoisotopic (exact) mass is 267 g/mol. The van der Waals surface area contributed by atoms with E-state index < -0.39 is 0 Å². The molecule has 2 aromatic rings. The number of hydrogen-bond donors (Lipinski definition) is 0. The Morgan fingerprint density at radius 1 is 1.10 bits per heavy atom. The van der Waals surface area contributed by atoms with Gasteiger partial charge < -0.3 is 0 Å². The Hall–Kier alpha value is -1.70. The van der Waals surface area contributed by atoms with E-state index in [0.29, 0.717) is 5.92 Å². The van der Waals surface area contributed by atoms with E-state index in [2.05, 4.69) is 18.8 Å². The molecule has 1 aliphatic rings. The molecule has 3 atom stereocenters. The number of fused-ring (bicyclic) bond motifs is 1. The van der Waals surface area contributed by atoms with Gasteiger partial charge in [0.25, 0.3) is 0 Å². The van der Waals surface area contributed by atoms with Crippen molar-refractivity contribution in [3.63, 3.8) is 0 Å². The number of nitrogens with zero attached hydrogens (tertiary/aromatic N) is 1. The maximum absolute atomic E-state index is 12.8. The Balaban J connectivity index is 1.93. The van der Waals surface area contributed by atoms with Crippen LogP contribution in [0.3, 0.4) is 0 Å². The van der Waals surface area contributed by atoms with E-state index in [9.17, 15) is 4.79 Å². The predicted octanol–water partition coefficient (Wildman–Crippen LogP) is 4.49. The van der Waals surface area contributed by atoms with Gasteiger partial charge in [0, 0.05) is 23.1 Å². The summed E-state index contributed by atoms with van der Waals surface area (Å²) in [7, 11) is 0. The third kappa shape index (κ3) is 2.35. The summed E-state index contributed by atoms with van der Waals surface area (Å²) < 4.78 is 0. The average molecular weight is 267 g/mol. The SMILES string of the molecule is CC1CCC(C(=O)c2cccc3cccnc23)CC1C. The molecule has 0 saturated heterocycles. The number of hydrogen-bond acceptors (Lipinski definition) is 2. The fourth-order valence-corrected chi connectivity index (χ4v) is 3.31. The molecule has 2 nitrogen and oxygen atoms in total. The molecular weight excluding hydrogens is 246 g/mol. The van der Waals surface area contributed by atoms with Crippen molar-refractivity contribution in [3.8, 4) is 0 Å². The molecule has 0 spiro atoms. The summed E-state index contributed by atoms with van der Waals surface area (Å²) in [6.45, 7) is 4.57. The molecular formula is C18H21NO. The van der Waals surface area contributed by atoms with Gasteiger partial charge in [-0.05, 0) is 43.2 Å². The molecule has 1 heterocycles. The summed E-state index contributed by atoms with van der Waals surface area (Å²) in [4.78, 5) is 17.2. The van der Waals surface area contributed by atoms with Crippen molar-refractivity contribution >= 4 is 16.7 Å². The van der Waals surface area contributed by atoms with Crippen LogP contribution in [-0.2, 0) is 0 Å². The predicted molar refractivity (Wildman–Crippen MR) is 81.7 cm³/mol. The lowest BCUT2D eigenvalue weighted by Gasteiger charge is -2.31. The minimum Gasteiger partial charge on any atom is -0.294 e. The maximum Gasteiger partial charge on any atom is 0.168 e. The van der Waals surface area contributed by atoms with E-state index in [0.717, 1.165) is 41.6 Å². The van der Waals surface area contributed by atoms with Crippen LogP contribution in [0, 0.1) is 17.8 Å². The molecule has 1 aromatic carbocycles. The molecule has 3 rings (SSSR count). The lowest BCUT2D eigenvalue weighted by Crippen LogP contribution is -2.26. The van der Waals surface area contributed by atoms with Gasteiger partial charge in [0.1, 0.15) is 0 Å². The van der Waals surface area contributed by atoms with Gasteiger partial charge in [0.2, 0.25) is 0 Å². The summed E-state index contributed by atoms with van der Waals surface area (Å²) in [5.74, 6) is 1.84. The van der Waals surface area contributed by atoms with Gasteiger partial charge in [0.05, 0.1) is 5.52 Å². The van der Waals surface area contributed by atoms with Gasteiger partial charge in [-0.3, -0.25) is 9.78 Å². The molecule has 1 fully saturated rings. The fraction of sp³-hybridized carbons (Fsp3) is 0.444. The Morgan fingerprint density at radius 3 is 2.70 bits per heavy atom. The van der Waals surface area contributed by atoms with Crippen LogP contribution in [0.2, 0.25) is 0 Å². The number of carbonyl (C=O) groups is 1. The number of para-hydroxylation sites is 1. The lowest BCUT2D eigenvalue weighted by atomic mass is 9.73. The van der Waals surface area contributed by atoms with E-state index >= 15 is 0 Å². The lowest BCUT2D eigenvalue weighted by molar-refractivity contribution is 0.0839. The molecule has 0 N–H and O–H groups in total. The van der Waals surface area contributed by atoms with Crippen molar-refractivity contribution in [2.24, 2.45) is 17.8 Å². The summed E-state index contributed by atoms with van der Waals surface area (Å²) in [6.07, 6.45) is 4.97. The van der Waals surface area contributed by atoms with Crippen LogP contribution in [0.1, 0.15) is 43.5 Å². The van der Waals surface area contributed by atoms with Crippen LogP contribution in [0.15, 0.2) is 36.5 Å². The molecule has 3 unspecified atom stereocenters. The third-order valence-electron chi connectivity index (χ3n) is 4.87. The second kappa shape index (κ2) is 5.35. The molecule has 1 aliphatic carbocycles. The highest BCUT2D eigenvalue weighted by Gasteiger charge is 2.30. The normalized spacial score (nSPS) is 26.6. The highest BCUT2D eigenvalue weighted by atomic mass is 16.1. The molecule has 0 aliphatic heterocycles. The Labute approximate surface area is 120 Å². The van der Waals surface area contributed by atoms with E-state index in [1.54, 1.807) is 6.20 Å². The summed E-state index contributed by atoms with van der Waals surface area (Å²) in [6, 6.07) is 9.85. The zero-order chi connectivity index (χ0) is 14.1. The minimum absolute atomic E-state index is 0.175. The molecule has 0 bridgehead atoms. The molecule has 0 amide bonds. The van der Waals surface area contributed by atoms with Gasteiger partial charge in [-0.1, -0.05) is 32.0 Å². The summed E-state index contributed by atoms with van der Waals surface area (Å²) >= 11 is 0. The van der Waals surface area contributed by atoms with Gasteiger partial charge in [0.15, 0.2) is 5.78 Å². The van der Waals surface area contributed by atoms with Crippen molar-refractivity contribution in [3.05, 3.63) is 42.1 Å². The summed E-state index contributed by atoms with van der Waals surface area (Å²) in [5, 5.41) is 1.05.